The molecule has 2 aromatic carbocycles. The third-order valence-corrected chi connectivity index (χ3v) is 4.21. The predicted octanol–water partition coefficient (Wildman–Crippen LogP) is 4.35. The summed E-state index contributed by atoms with van der Waals surface area (Å²) in [7, 11) is 0. The SMILES string of the molecule is CC(OC(=O)/C=C/c1ccc2c(c1)OCCO2)C(=O)Nc1cc(Cl)cc(Cl)c1. The molecule has 146 valence electrons. The van der Waals surface area contributed by atoms with Gasteiger partial charge in [-0.05, 0) is 48.9 Å². The number of halogens is 2. The summed E-state index contributed by atoms with van der Waals surface area (Å²) < 4.78 is 16.1. The quantitative estimate of drug-likeness (QED) is 0.573. The van der Waals surface area contributed by atoms with Crippen LogP contribution in [0, 0.1) is 0 Å². The molecule has 1 aliphatic heterocycles. The molecule has 1 aliphatic rings. The second-order valence-electron chi connectivity index (χ2n) is 5.96. The zero-order valence-electron chi connectivity index (χ0n) is 14.9. The monoisotopic (exact) mass is 421 g/mol. The fourth-order valence-corrected chi connectivity index (χ4v) is 2.99. The Morgan fingerprint density at radius 2 is 1.75 bits per heavy atom. The lowest BCUT2D eigenvalue weighted by atomic mass is 10.2. The van der Waals surface area contributed by atoms with E-state index in [1.165, 1.54) is 13.0 Å². The Balaban J connectivity index is 1.56. The van der Waals surface area contributed by atoms with Crippen LogP contribution < -0.4 is 14.8 Å². The first-order valence-electron chi connectivity index (χ1n) is 8.46. The second kappa shape index (κ2) is 8.99. The number of nitrogens with one attached hydrogen (secondary N) is 1. The Labute approximate surface area is 172 Å². The second-order valence-corrected chi connectivity index (χ2v) is 6.84. The van der Waals surface area contributed by atoms with E-state index in [1.807, 2.05) is 0 Å². The van der Waals surface area contributed by atoms with Gasteiger partial charge in [0.1, 0.15) is 13.2 Å². The molecule has 0 bridgehead atoms. The van der Waals surface area contributed by atoms with Crippen LogP contribution in [0.2, 0.25) is 10.0 Å². The number of rotatable bonds is 5. The van der Waals surface area contributed by atoms with Crippen LogP contribution in [0.25, 0.3) is 6.08 Å². The van der Waals surface area contributed by atoms with Crippen LogP contribution in [0.15, 0.2) is 42.5 Å². The number of carbonyl (C=O) groups excluding carboxylic acids is 2. The molecule has 6 nitrogen and oxygen atoms in total. The van der Waals surface area contributed by atoms with Gasteiger partial charge in [-0.25, -0.2) is 4.79 Å². The summed E-state index contributed by atoms with van der Waals surface area (Å²) >= 11 is 11.8. The van der Waals surface area contributed by atoms with Gasteiger partial charge in [-0.2, -0.15) is 0 Å². The lowest BCUT2D eigenvalue weighted by Gasteiger charge is -2.18. The van der Waals surface area contributed by atoms with Gasteiger partial charge < -0.3 is 19.5 Å². The number of amides is 1. The molecule has 0 aliphatic carbocycles. The third-order valence-electron chi connectivity index (χ3n) is 3.77. The molecule has 1 unspecified atom stereocenters. The van der Waals surface area contributed by atoms with E-state index >= 15 is 0 Å². The van der Waals surface area contributed by atoms with E-state index in [0.29, 0.717) is 40.4 Å². The van der Waals surface area contributed by atoms with E-state index in [4.69, 9.17) is 37.4 Å². The minimum atomic E-state index is -1.00. The van der Waals surface area contributed by atoms with Gasteiger partial charge in [0.15, 0.2) is 17.6 Å². The molecule has 0 saturated carbocycles. The fraction of sp³-hybridized carbons (Fsp3) is 0.200. The number of benzene rings is 2. The van der Waals surface area contributed by atoms with Gasteiger partial charge in [-0.15, -0.1) is 0 Å². The lowest BCUT2D eigenvalue weighted by molar-refractivity contribution is -0.148. The van der Waals surface area contributed by atoms with Gasteiger partial charge in [-0.1, -0.05) is 29.3 Å². The molecule has 2 aromatic rings. The molecule has 0 fully saturated rings. The van der Waals surface area contributed by atoms with Crippen LogP contribution in [0.1, 0.15) is 12.5 Å². The molecule has 1 amide bonds. The van der Waals surface area contributed by atoms with Gasteiger partial charge in [0.2, 0.25) is 0 Å². The molecule has 0 aromatic heterocycles. The van der Waals surface area contributed by atoms with Crippen molar-refractivity contribution >= 4 is 46.8 Å². The molecule has 8 heteroatoms. The van der Waals surface area contributed by atoms with Crippen LogP contribution >= 0.6 is 23.2 Å². The highest BCUT2D eigenvalue weighted by Gasteiger charge is 2.17. The number of hydrogen-bond donors (Lipinski definition) is 1. The molecule has 28 heavy (non-hydrogen) atoms. The highest BCUT2D eigenvalue weighted by Crippen LogP contribution is 2.31. The molecule has 0 spiro atoms. The average Bonchev–Trinajstić information content (AvgIpc) is 2.65. The Morgan fingerprint density at radius 3 is 2.46 bits per heavy atom. The van der Waals surface area contributed by atoms with E-state index in [9.17, 15) is 9.59 Å². The third kappa shape index (κ3) is 5.41. The number of anilines is 1. The summed E-state index contributed by atoms with van der Waals surface area (Å²) in [4.78, 5) is 24.2. The van der Waals surface area contributed by atoms with Gasteiger partial charge >= 0.3 is 5.97 Å². The van der Waals surface area contributed by atoms with E-state index in [1.54, 1.807) is 42.5 Å². The Kier molecular flexibility index (Phi) is 6.44. The maximum absolute atomic E-state index is 12.2. The Hall–Kier alpha value is -2.70. The maximum atomic E-state index is 12.2. The molecule has 1 atom stereocenters. The number of fused-ring (bicyclic) bond motifs is 1. The largest absolute Gasteiger partial charge is 0.486 e. The van der Waals surface area contributed by atoms with E-state index in [2.05, 4.69) is 5.32 Å². The van der Waals surface area contributed by atoms with Gasteiger partial charge in [0.25, 0.3) is 5.91 Å². The van der Waals surface area contributed by atoms with Crippen molar-refractivity contribution in [1.82, 2.24) is 0 Å². The van der Waals surface area contributed by atoms with E-state index in [-0.39, 0.29) is 0 Å². The molecule has 3 rings (SSSR count). The van der Waals surface area contributed by atoms with Crippen LogP contribution in [0.5, 0.6) is 11.5 Å². The van der Waals surface area contributed by atoms with Crippen molar-refractivity contribution in [3.8, 4) is 11.5 Å². The van der Waals surface area contributed by atoms with Crippen molar-refractivity contribution in [3.63, 3.8) is 0 Å². The molecule has 0 saturated heterocycles. The molecular formula is C20H17Cl2NO5. The molecular weight excluding hydrogens is 405 g/mol. The van der Waals surface area contributed by atoms with E-state index in [0.717, 1.165) is 5.56 Å². The minimum absolute atomic E-state index is 0.384. The van der Waals surface area contributed by atoms with Crippen molar-refractivity contribution < 1.29 is 23.8 Å². The van der Waals surface area contributed by atoms with Crippen LogP contribution in [0.4, 0.5) is 5.69 Å². The lowest BCUT2D eigenvalue weighted by Crippen LogP contribution is -2.29. The number of hydrogen-bond acceptors (Lipinski definition) is 5. The van der Waals surface area contributed by atoms with Gasteiger partial charge in [0, 0.05) is 21.8 Å². The molecule has 0 radical (unpaired) electrons. The highest BCUT2D eigenvalue weighted by molar-refractivity contribution is 6.35. The summed E-state index contributed by atoms with van der Waals surface area (Å²) in [5.74, 6) is 0.133. The predicted molar refractivity (Wildman–Crippen MR) is 107 cm³/mol. The fourth-order valence-electron chi connectivity index (χ4n) is 2.46. The first kappa shape index (κ1) is 20.0. The maximum Gasteiger partial charge on any atom is 0.331 e. The van der Waals surface area contributed by atoms with Crippen molar-refractivity contribution in [1.29, 1.82) is 0 Å². The summed E-state index contributed by atoms with van der Waals surface area (Å²) in [6.45, 7) is 2.46. The standard InChI is InChI=1S/C20H17Cl2NO5/c1-12(20(25)23-16-10-14(21)9-15(22)11-16)28-19(24)5-3-13-2-4-17-18(8-13)27-7-6-26-17/h2-5,8-12H,6-7H2,1H3,(H,23,25)/b5-3+. The molecule has 1 N–H and O–H groups in total. The number of carbonyl (C=O) groups is 2. The average molecular weight is 422 g/mol. The van der Waals surface area contributed by atoms with Crippen molar-refractivity contribution in [2.24, 2.45) is 0 Å². The first-order valence-corrected chi connectivity index (χ1v) is 9.21. The number of esters is 1. The smallest absolute Gasteiger partial charge is 0.331 e. The van der Waals surface area contributed by atoms with Crippen molar-refractivity contribution in [2.45, 2.75) is 13.0 Å². The zero-order valence-corrected chi connectivity index (χ0v) is 16.4. The highest BCUT2D eigenvalue weighted by atomic mass is 35.5. The minimum Gasteiger partial charge on any atom is -0.486 e. The number of ether oxygens (including phenoxy) is 3. The topological polar surface area (TPSA) is 73.9 Å². The van der Waals surface area contributed by atoms with Crippen LogP contribution in [-0.2, 0) is 14.3 Å². The zero-order chi connectivity index (χ0) is 20.1. The normalized spacial score (nSPS) is 13.8. The summed E-state index contributed by atoms with van der Waals surface area (Å²) in [6, 6.07) is 9.95. The summed E-state index contributed by atoms with van der Waals surface area (Å²) in [6.07, 6.45) is 1.81. The van der Waals surface area contributed by atoms with Gasteiger partial charge in [0.05, 0.1) is 0 Å². The van der Waals surface area contributed by atoms with Crippen molar-refractivity contribution in [3.05, 3.63) is 58.1 Å². The first-order chi connectivity index (χ1) is 13.4. The molecule has 1 heterocycles. The summed E-state index contributed by atoms with van der Waals surface area (Å²) in [5.41, 5.74) is 1.16. The Morgan fingerprint density at radius 1 is 1.07 bits per heavy atom. The summed E-state index contributed by atoms with van der Waals surface area (Å²) in [5, 5.41) is 3.37. The van der Waals surface area contributed by atoms with E-state index < -0.39 is 18.0 Å². The van der Waals surface area contributed by atoms with Crippen LogP contribution in [0.3, 0.4) is 0 Å². The Bertz CT molecular complexity index is 909. The van der Waals surface area contributed by atoms with Crippen molar-refractivity contribution in [2.75, 3.05) is 18.5 Å². The van der Waals surface area contributed by atoms with Gasteiger partial charge in [-0.3, -0.25) is 4.79 Å². The van der Waals surface area contributed by atoms with Crippen LogP contribution in [-0.4, -0.2) is 31.2 Å².